The van der Waals surface area contributed by atoms with Gasteiger partial charge in [0.1, 0.15) is 0 Å². The molecule has 0 aromatic heterocycles. The topological polar surface area (TPSA) is 72.5 Å². The number of rotatable bonds is 7. The van der Waals surface area contributed by atoms with Gasteiger partial charge in [0.05, 0.1) is 18.3 Å². The van der Waals surface area contributed by atoms with E-state index in [1.54, 1.807) is 13.8 Å². The molecule has 0 saturated carbocycles. The molecule has 5 nitrogen and oxygen atoms in total. The summed E-state index contributed by atoms with van der Waals surface area (Å²) in [5.74, 6) is -0.250. The molecule has 0 radical (unpaired) electrons. The van der Waals surface area contributed by atoms with Crippen molar-refractivity contribution < 1.29 is 17.9 Å². The van der Waals surface area contributed by atoms with Crippen LogP contribution < -0.4 is 4.72 Å². The molecule has 0 aliphatic heterocycles. The number of carbonyl (C=O) groups is 1. The van der Waals surface area contributed by atoms with Gasteiger partial charge in [0, 0.05) is 12.0 Å². The number of sulfonamides is 1. The maximum absolute atomic E-state index is 11.7. The van der Waals surface area contributed by atoms with Crippen LogP contribution in [-0.4, -0.2) is 32.8 Å². The van der Waals surface area contributed by atoms with E-state index < -0.39 is 21.0 Å². The van der Waals surface area contributed by atoms with Gasteiger partial charge in [-0.1, -0.05) is 6.92 Å². The number of hydrogen-bond donors (Lipinski definition) is 1. The highest BCUT2D eigenvalue weighted by atomic mass is 32.2. The van der Waals surface area contributed by atoms with Gasteiger partial charge in [0.25, 0.3) is 0 Å². The number of ether oxygens (including phenoxy) is 1. The quantitative estimate of drug-likeness (QED) is 0.720. The molecule has 6 heteroatoms. The summed E-state index contributed by atoms with van der Waals surface area (Å²) < 4.78 is 29.9. The Bertz CT molecular complexity index is 385. The van der Waals surface area contributed by atoms with Gasteiger partial charge in [0.2, 0.25) is 10.0 Å². The van der Waals surface area contributed by atoms with Crippen LogP contribution in [0.15, 0.2) is 0 Å². The maximum Gasteiger partial charge on any atom is 0.311 e. The summed E-state index contributed by atoms with van der Waals surface area (Å²) in [4.78, 5) is 11.7. The van der Waals surface area contributed by atoms with E-state index in [0.29, 0.717) is 12.8 Å². The third-order valence-corrected chi connectivity index (χ3v) is 3.78. The van der Waals surface area contributed by atoms with Gasteiger partial charge in [-0.2, -0.15) is 0 Å². The highest BCUT2D eigenvalue weighted by molar-refractivity contribution is 7.88. The summed E-state index contributed by atoms with van der Waals surface area (Å²) in [6.45, 7) is 9.30. The van der Waals surface area contributed by atoms with Crippen molar-refractivity contribution in [2.24, 2.45) is 5.41 Å². The van der Waals surface area contributed by atoms with E-state index in [0.717, 1.165) is 6.26 Å². The van der Waals surface area contributed by atoms with E-state index in [4.69, 9.17) is 4.74 Å². The first kappa shape index (κ1) is 17.4. The number of nitrogens with one attached hydrogen (secondary N) is 1. The molecule has 0 amide bonds. The summed E-state index contributed by atoms with van der Waals surface area (Å²) in [5, 5.41) is 0. The lowest BCUT2D eigenvalue weighted by atomic mass is 9.91. The zero-order valence-corrected chi connectivity index (χ0v) is 13.0. The van der Waals surface area contributed by atoms with Crippen molar-refractivity contribution in [3.05, 3.63) is 0 Å². The molecule has 18 heavy (non-hydrogen) atoms. The van der Waals surface area contributed by atoms with E-state index in [1.165, 1.54) is 0 Å². The van der Waals surface area contributed by atoms with Crippen molar-refractivity contribution in [2.75, 3.05) is 12.9 Å². The van der Waals surface area contributed by atoms with Crippen molar-refractivity contribution in [1.29, 1.82) is 0 Å². The van der Waals surface area contributed by atoms with E-state index in [-0.39, 0.29) is 12.6 Å². The van der Waals surface area contributed by atoms with Crippen LogP contribution in [0.4, 0.5) is 0 Å². The van der Waals surface area contributed by atoms with E-state index in [2.05, 4.69) is 4.72 Å². The number of hydrogen-bond acceptors (Lipinski definition) is 4. The van der Waals surface area contributed by atoms with Crippen LogP contribution in [0, 0.1) is 5.41 Å². The second-order valence-corrected chi connectivity index (χ2v) is 7.63. The van der Waals surface area contributed by atoms with Crippen LogP contribution in [0.3, 0.4) is 0 Å². The molecule has 0 aliphatic rings. The molecule has 0 unspecified atom stereocenters. The predicted molar refractivity (Wildman–Crippen MR) is 71.7 cm³/mol. The zero-order chi connectivity index (χ0) is 14.6. The van der Waals surface area contributed by atoms with Gasteiger partial charge in [-0.3, -0.25) is 4.79 Å². The smallest absolute Gasteiger partial charge is 0.311 e. The summed E-state index contributed by atoms with van der Waals surface area (Å²) in [5.41, 5.74) is -1.11. The maximum atomic E-state index is 11.7. The van der Waals surface area contributed by atoms with Crippen molar-refractivity contribution in [3.63, 3.8) is 0 Å². The van der Waals surface area contributed by atoms with Crippen molar-refractivity contribution in [1.82, 2.24) is 4.72 Å². The first-order valence-electron chi connectivity index (χ1n) is 6.06. The molecule has 1 N–H and O–H groups in total. The van der Waals surface area contributed by atoms with Gasteiger partial charge in [0.15, 0.2) is 0 Å². The Morgan fingerprint density at radius 1 is 1.22 bits per heavy atom. The normalized spacial score (nSPS) is 13.4. The van der Waals surface area contributed by atoms with Gasteiger partial charge < -0.3 is 4.74 Å². The summed E-state index contributed by atoms with van der Waals surface area (Å²) in [6, 6.07) is 0. The minimum atomic E-state index is -3.26. The lowest BCUT2D eigenvalue weighted by Gasteiger charge is -2.26. The van der Waals surface area contributed by atoms with E-state index >= 15 is 0 Å². The lowest BCUT2D eigenvalue weighted by molar-refractivity contribution is -0.154. The molecule has 0 spiro atoms. The van der Waals surface area contributed by atoms with Crippen LogP contribution in [0.5, 0.6) is 0 Å². The fourth-order valence-electron chi connectivity index (χ4n) is 1.29. The van der Waals surface area contributed by atoms with Crippen LogP contribution >= 0.6 is 0 Å². The van der Waals surface area contributed by atoms with Gasteiger partial charge >= 0.3 is 5.97 Å². The minimum absolute atomic E-state index is 0.206. The van der Waals surface area contributed by atoms with Crippen molar-refractivity contribution in [2.45, 2.75) is 53.0 Å². The highest BCUT2D eigenvalue weighted by Crippen LogP contribution is 2.22. The Morgan fingerprint density at radius 3 is 2.11 bits per heavy atom. The average molecular weight is 279 g/mol. The third kappa shape index (κ3) is 6.96. The largest absolute Gasteiger partial charge is 0.465 e. The summed E-state index contributed by atoms with van der Waals surface area (Å²) >= 11 is 0. The highest BCUT2D eigenvalue weighted by Gasteiger charge is 2.28. The Kier molecular flexibility index (Phi) is 5.81. The van der Waals surface area contributed by atoms with E-state index in [1.807, 2.05) is 20.8 Å². The SMILES string of the molecule is CCC(C)(C)C(=O)OCCC(C)(C)NS(C)(=O)=O. The average Bonchev–Trinajstić information content (AvgIpc) is 2.13. The Hall–Kier alpha value is -0.620. The summed E-state index contributed by atoms with van der Waals surface area (Å²) in [7, 11) is -3.26. The van der Waals surface area contributed by atoms with E-state index in [9.17, 15) is 13.2 Å². The Labute approximate surface area is 110 Å². The molecule has 0 aromatic rings. The second-order valence-electron chi connectivity index (χ2n) is 5.88. The van der Waals surface area contributed by atoms with Crippen molar-refractivity contribution in [3.8, 4) is 0 Å². The first-order valence-corrected chi connectivity index (χ1v) is 7.95. The fourth-order valence-corrected chi connectivity index (χ4v) is 2.40. The van der Waals surface area contributed by atoms with Crippen LogP contribution in [0.25, 0.3) is 0 Å². The second kappa shape index (κ2) is 6.02. The molecule has 0 bridgehead atoms. The number of esters is 1. The molecular weight excluding hydrogens is 254 g/mol. The standard InChI is InChI=1S/C12H25NO4S/c1-7-11(2,3)10(14)17-9-8-12(4,5)13-18(6,15)16/h13H,7-9H2,1-6H3. The molecule has 0 fully saturated rings. The minimum Gasteiger partial charge on any atom is -0.465 e. The molecule has 0 rings (SSSR count). The molecule has 0 saturated heterocycles. The molecule has 0 aliphatic carbocycles. The van der Waals surface area contributed by atoms with Gasteiger partial charge in [-0.25, -0.2) is 13.1 Å². The Balaban J connectivity index is 4.24. The summed E-state index contributed by atoms with van der Waals surface area (Å²) in [6.07, 6.45) is 2.25. The first-order chi connectivity index (χ1) is 7.90. The number of carbonyl (C=O) groups excluding carboxylic acids is 1. The van der Waals surface area contributed by atoms with Crippen LogP contribution in [-0.2, 0) is 19.6 Å². The monoisotopic (exact) mass is 279 g/mol. The molecule has 0 aromatic carbocycles. The lowest BCUT2D eigenvalue weighted by Crippen LogP contribution is -2.43. The fraction of sp³-hybridized carbons (Fsp3) is 0.917. The third-order valence-electron chi connectivity index (χ3n) is 2.86. The molecule has 0 atom stereocenters. The van der Waals surface area contributed by atoms with Gasteiger partial charge in [-0.15, -0.1) is 0 Å². The van der Waals surface area contributed by atoms with Crippen LogP contribution in [0.2, 0.25) is 0 Å². The van der Waals surface area contributed by atoms with Crippen LogP contribution in [0.1, 0.15) is 47.5 Å². The molecular formula is C12H25NO4S. The zero-order valence-electron chi connectivity index (χ0n) is 12.2. The van der Waals surface area contributed by atoms with Crippen molar-refractivity contribution >= 4 is 16.0 Å². The molecule has 0 heterocycles. The Morgan fingerprint density at radius 2 is 1.72 bits per heavy atom. The van der Waals surface area contributed by atoms with Gasteiger partial charge in [-0.05, 0) is 34.1 Å². The molecule has 108 valence electrons. The predicted octanol–water partition coefficient (Wildman–Crippen LogP) is 1.68.